The zero-order chi connectivity index (χ0) is 19.9. The van der Waals surface area contributed by atoms with Gasteiger partial charge in [0.25, 0.3) is 5.91 Å². The Labute approximate surface area is 166 Å². The van der Waals surface area contributed by atoms with Crippen LogP contribution in [0.15, 0.2) is 60.9 Å². The number of benzene rings is 2. The van der Waals surface area contributed by atoms with Gasteiger partial charge in [0.15, 0.2) is 0 Å². The number of halogens is 1. The predicted octanol–water partition coefficient (Wildman–Crippen LogP) is 4.30. The van der Waals surface area contributed by atoms with Crippen LogP contribution in [-0.2, 0) is 4.74 Å². The van der Waals surface area contributed by atoms with E-state index in [1.165, 1.54) is 12.4 Å². The molecule has 2 N–H and O–H groups in total. The fraction of sp³-hybridized carbons (Fsp3) is 0.100. The van der Waals surface area contributed by atoms with Gasteiger partial charge in [0.1, 0.15) is 17.8 Å². The minimum Gasteiger partial charge on any atom is -0.462 e. The highest BCUT2D eigenvalue weighted by Gasteiger charge is 2.14. The van der Waals surface area contributed by atoms with Gasteiger partial charge in [-0.2, -0.15) is 0 Å². The third-order valence-electron chi connectivity index (χ3n) is 3.67. The van der Waals surface area contributed by atoms with Crippen LogP contribution < -0.4 is 10.6 Å². The summed E-state index contributed by atoms with van der Waals surface area (Å²) in [6.45, 7) is 2.01. The Morgan fingerprint density at radius 1 is 1.07 bits per heavy atom. The van der Waals surface area contributed by atoms with Gasteiger partial charge in [-0.3, -0.25) is 4.79 Å². The molecule has 0 fully saturated rings. The number of para-hydroxylation sites is 1. The molecule has 0 bridgehead atoms. The molecule has 1 amide bonds. The second-order valence-electron chi connectivity index (χ2n) is 5.64. The molecule has 7 nitrogen and oxygen atoms in total. The average molecular weight is 397 g/mol. The van der Waals surface area contributed by atoms with Crippen molar-refractivity contribution in [2.24, 2.45) is 0 Å². The Kier molecular flexibility index (Phi) is 6.18. The number of aromatic nitrogens is 2. The summed E-state index contributed by atoms with van der Waals surface area (Å²) in [5.41, 5.74) is 1.60. The minimum absolute atomic E-state index is 0.158. The zero-order valence-electron chi connectivity index (χ0n) is 15.0. The molecular formula is C20H17ClN4O3. The normalized spacial score (nSPS) is 10.2. The van der Waals surface area contributed by atoms with Crippen LogP contribution >= 0.6 is 11.6 Å². The summed E-state index contributed by atoms with van der Waals surface area (Å²) in [7, 11) is 0. The van der Waals surface area contributed by atoms with Crippen LogP contribution in [0.1, 0.15) is 27.8 Å². The van der Waals surface area contributed by atoms with Gasteiger partial charge >= 0.3 is 5.97 Å². The van der Waals surface area contributed by atoms with Crippen molar-refractivity contribution >= 4 is 40.7 Å². The summed E-state index contributed by atoms with van der Waals surface area (Å²) < 4.78 is 5.06. The molecule has 1 heterocycles. The lowest BCUT2D eigenvalue weighted by molar-refractivity contribution is 0.0527. The van der Waals surface area contributed by atoms with Gasteiger partial charge in [0.05, 0.1) is 17.9 Å². The highest BCUT2D eigenvalue weighted by atomic mass is 35.5. The number of rotatable bonds is 6. The highest BCUT2D eigenvalue weighted by molar-refractivity contribution is 6.30. The molecule has 0 atom stereocenters. The lowest BCUT2D eigenvalue weighted by atomic mass is 10.2. The Bertz CT molecular complexity index is 1010. The maximum absolute atomic E-state index is 12.4. The summed E-state index contributed by atoms with van der Waals surface area (Å²) >= 11 is 5.93. The molecule has 0 aliphatic rings. The van der Waals surface area contributed by atoms with E-state index in [0.29, 0.717) is 27.8 Å². The first-order valence-corrected chi connectivity index (χ1v) is 8.86. The smallest absolute Gasteiger partial charge is 0.340 e. The molecule has 0 aliphatic heterocycles. The third-order valence-corrected chi connectivity index (χ3v) is 3.90. The maximum Gasteiger partial charge on any atom is 0.340 e. The summed E-state index contributed by atoms with van der Waals surface area (Å²) in [5.74, 6) is -0.493. The molecule has 1 aromatic heterocycles. The van der Waals surface area contributed by atoms with Crippen molar-refractivity contribution in [3.8, 4) is 0 Å². The number of esters is 1. The molecule has 28 heavy (non-hydrogen) atoms. The second kappa shape index (κ2) is 8.96. The van der Waals surface area contributed by atoms with Crippen molar-refractivity contribution < 1.29 is 14.3 Å². The van der Waals surface area contributed by atoms with E-state index in [0.717, 1.165) is 0 Å². The second-order valence-corrected chi connectivity index (χ2v) is 6.08. The monoisotopic (exact) mass is 396 g/mol. The number of carbonyl (C=O) groups excluding carboxylic acids is 2. The van der Waals surface area contributed by atoms with Crippen molar-refractivity contribution in [2.45, 2.75) is 6.92 Å². The molecule has 8 heteroatoms. The first-order chi connectivity index (χ1) is 13.6. The first-order valence-electron chi connectivity index (χ1n) is 8.49. The largest absolute Gasteiger partial charge is 0.462 e. The third kappa shape index (κ3) is 4.83. The van der Waals surface area contributed by atoms with E-state index in [4.69, 9.17) is 16.3 Å². The van der Waals surface area contributed by atoms with Crippen molar-refractivity contribution in [2.75, 3.05) is 17.2 Å². The number of amides is 1. The Hall–Kier alpha value is -3.45. The molecule has 0 unspecified atom stereocenters. The van der Waals surface area contributed by atoms with Gasteiger partial charge in [-0.1, -0.05) is 29.8 Å². The van der Waals surface area contributed by atoms with Gasteiger partial charge in [-0.25, -0.2) is 14.8 Å². The first kappa shape index (κ1) is 19.3. The van der Waals surface area contributed by atoms with Gasteiger partial charge in [0, 0.05) is 16.8 Å². The van der Waals surface area contributed by atoms with E-state index in [1.807, 2.05) is 0 Å². The minimum atomic E-state index is -0.446. The van der Waals surface area contributed by atoms with Crippen LogP contribution in [0.3, 0.4) is 0 Å². The van der Waals surface area contributed by atoms with Crippen LogP contribution in [-0.4, -0.2) is 28.5 Å². The standard InChI is InChI=1S/C20H17ClN4O3/c1-2-28-20(27)15-8-3-4-9-16(15)25-18-11-17(22-12-23-18)19(26)24-14-7-5-6-13(21)10-14/h3-12H,2H2,1H3,(H,24,26)(H,22,23,25). The average Bonchev–Trinajstić information content (AvgIpc) is 2.69. The number of hydrogen-bond acceptors (Lipinski definition) is 6. The fourth-order valence-electron chi connectivity index (χ4n) is 2.43. The van der Waals surface area contributed by atoms with Gasteiger partial charge in [-0.05, 0) is 37.3 Å². The number of ether oxygens (including phenoxy) is 1. The quantitative estimate of drug-likeness (QED) is 0.603. The molecule has 3 rings (SSSR count). The molecule has 142 valence electrons. The van der Waals surface area contributed by atoms with Crippen LogP contribution in [0.25, 0.3) is 0 Å². The summed E-state index contributed by atoms with van der Waals surface area (Å²) in [6, 6.07) is 15.2. The summed E-state index contributed by atoms with van der Waals surface area (Å²) in [5, 5.41) is 6.26. The summed E-state index contributed by atoms with van der Waals surface area (Å²) in [6.07, 6.45) is 1.27. The van der Waals surface area contributed by atoms with E-state index in [9.17, 15) is 9.59 Å². The Balaban J connectivity index is 1.79. The van der Waals surface area contributed by atoms with Gasteiger partial charge in [0.2, 0.25) is 0 Å². The van der Waals surface area contributed by atoms with E-state index in [-0.39, 0.29) is 12.3 Å². The molecule has 0 saturated carbocycles. The van der Waals surface area contributed by atoms with Gasteiger partial charge in [-0.15, -0.1) is 0 Å². The van der Waals surface area contributed by atoms with Crippen LogP contribution in [0, 0.1) is 0 Å². The highest BCUT2D eigenvalue weighted by Crippen LogP contribution is 2.21. The van der Waals surface area contributed by atoms with E-state index < -0.39 is 11.9 Å². The molecular weight excluding hydrogens is 380 g/mol. The van der Waals surface area contributed by atoms with E-state index in [1.54, 1.807) is 55.5 Å². The van der Waals surface area contributed by atoms with Crippen LogP contribution in [0.5, 0.6) is 0 Å². The zero-order valence-corrected chi connectivity index (χ0v) is 15.7. The SMILES string of the molecule is CCOC(=O)c1ccccc1Nc1cc(C(=O)Nc2cccc(Cl)c2)ncn1. The number of carbonyl (C=O) groups is 2. The number of anilines is 3. The van der Waals surface area contributed by atoms with Crippen LogP contribution in [0.2, 0.25) is 5.02 Å². The van der Waals surface area contributed by atoms with E-state index >= 15 is 0 Å². The molecule has 0 radical (unpaired) electrons. The predicted molar refractivity (Wildman–Crippen MR) is 107 cm³/mol. The lowest BCUT2D eigenvalue weighted by Gasteiger charge is -2.11. The number of nitrogens with zero attached hydrogens (tertiary/aromatic N) is 2. The van der Waals surface area contributed by atoms with Crippen LogP contribution in [0.4, 0.5) is 17.2 Å². The summed E-state index contributed by atoms with van der Waals surface area (Å²) in [4.78, 5) is 32.6. The maximum atomic E-state index is 12.4. The topological polar surface area (TPSA) is 93.2 Å². The van der Waals surface area contributed by atoms with Crippen molar-refractivity contribution in [1.82, 2.24) is 9.97 Å². The number of hydrogen-bond donors (Lipinski definition) is 2. The Morgan fingerprint density at radius 2 is 1.89 bits per heavy atom. The van der Waals surface area contributed by atoms with E-state index in [2.05, 4.69) is 20.6 Å². The van der Waals surface area contributed by atoms with Gasteiger partial charge < -0.3 is 15.4 Å². The fourth-order valence-corrected chi connectivity index (χ4v) is 2.62. The molecule has 0 saturated heterocycles. The lowest BCUT2D eigenvalue weighted by Crippen LogP contribution is -2.14. The molecule has 2 aromatic carbocycles. The van der Waals surface area contributed by atoms with Crippen molar-refractivity contribution in [1.29, 1.82) is 0 Å². The number of nitrogens with one attached hydrogen (secondary N) is 2. The van der Waals surface area contributed by atoms with Crippen molar-refractivity contribution in [3.05, 3.63) is 77.2 Å². The Morgan fingerprint density at radius 3 is 2.68 bits per heavy atom. The molecule has 0 aliphatic carbocycles. The molecule has 0 spiro atoms. The van der Waals surface area contributed by atoms with Crippen molar-refractivity contribution in [3.63, 3.8) is 0 Å². The molecule has 3 aromatic rings.